The first-order chi connectivity index (χ1) is 32.7. The molecule has 0 heterocycles. The van der Waals surface area contributed by atoms with Crippen molar-refractivity contribution in [3.63, 3.8) is 0 Å². The predicted molar refractivity (Wildman–Crippen MR) is 275 cm³/mol. The first-order valence-corrected chi connectivity index (χ1v) is 27.2. The number of hydrogen-bond donors (Lipinski definition) is 0. The summed E-state index contributed by atoms with van der Waals surface area (Å²) in [6.45, 7) is 6.74. The molecule has 6 unspecified atom stereocenters. The van der Waals surface area contributed by atoms with Crippen LogP contribution in [0, 0.1) is 35.5 Å². The van der Waals surface area contributed by atoms with Crippen molar-refractivity contribution in [2.75, 3.05) is 0 Å². The Labute approximate surface area is 403 Å². The molecule has 6 atom stereocenters. The number of aryl methyl sites for hydroxylation is 1. The maximum absolute atomic E-state index is 14.4. The highest BCUT2D eigenvalue weighted by molar-refractivity contribution is 6.09. The van der Waals surface area contributed by atoms with Gasteiger partial charge in [-0.2, -0.15) is 0 Å². The zero-order valence-corrected chi connectivity index (χ0v) is 41.2. The van der Waals surface area contributed by atoms with Crippen LogP contribution in [0.1, 0.15) is 227 Å². The lowest BCUT2D eigenvalue weighted by Gasteiger charge is -2.35. The van der Waals surface area contributed by atoms with Gasteiger partial charge in [0.25, 0.3) is 0 Å². The van der Waals surface area contributed by atoms with Crippen LogP contribution in [0.15, 0.2) is 78.9 Å². The smallest absolute Gasteiger partial charge is 0.167 e. The van der Waals surface area contributed by atoms with Gasteiger partial charge in [0.2, 0.25) is 0 Å². The minimum absolute atomic E-state index is 0.0307. The molecule has 6 aliphatic rings. The van der Waals surface area contributed by atoms with Crippen molar-refractivity contribution in [1.29, 1.82) is 0 Å². The lowest BCUT2D eigenvalue weighted by atomic mass is 9.67. The average Bonchev–Trinajstić information content (AvgIpc) is 3.88. The summed E-state index contributed by atoms with van der Waals surface area (Å²) in [6.07, 6.45) is 33.7. The van der Waals surface area contributed by atoms with E-state index in [1.165, 1.54) is 122 Å². The summed E-state index contributed by atoms with van der Waals surface area (Å²) in [7, 11) is 0. The molecule has 3 saturated carbocycles. The first kappa shape index (κ1) is 47.6. The van der Waals surface area contributed by atoms with Crippen molar-refractivity contribution in [2.24, 2.45) is 35.5 Å². The molecule has 0 N–H and O–H groups in total. The Morgan fingerprint density at radius 3 is 2.31 bits per heavy atom. The predicted octanol–water partition coefficient (Wildman–Crippen LogP) is 15.7. The molecular formula is C63H78O4. The van der Waals surface area contributed by atoms with E-state index in [4.69, 9.17) is 0 Å². The molecule has 3 aromatic carbocycles. The molecule has 0 aliphatic heterocycles. The fourth-order valence-electron chi connectivity index (χ4n) is 13.9. The average molecular weight is 899 g/mol. The van der Waals surface area contributed by atoms with Gasteiger partial charge in [-0.05, 0) is 170 Å². The fourth-order valence-corrected chi connectivity index (χ4v) is 13.9. The highest BCUT2D eigenvalue weighted by Gasteiger charge is 2.42. The Balaban J connectivity index is 0.751. The summed E-state index contributed by atoms with van der Waals surface area (Å²) in [4.78, 5) is 54.1. The van der Waals surface area contributed by atoms with E-state index < -0.39 is 0 Å². The number of allylic oxidation sites excluding steroid dienone is 6. The van der Waals surface area contributed by atoms with E-state index >= 15 is 0 Å². The number of Topliss-reactive ketones (excluding diaryl/α,β-unsaturated/α-hetero) is 4. The van der Waals surface area contributed by atoms with Gasteiger partial charge in [0.15, 0.2) is 11.6 Å². The molecule has 3 aromatic rings. The highest BCUT2D eigenvalue weighted by Crippen LogP contribution is 2.47. The van der Waals surface area contributed by atoms with Crippen molar-refractivity contribution in [3.05, 3.63) is 129 Å². The Hall–Kier alpha value is -4.44. The third-order valence-corrected chi connectivity index (χ3v) is 17.9. The lowest BCUT2D eigenvalue weighted by Crippen LogP contribution is -2.34. The van der Waals surface area contributed by atoms with Crippen LogP contribution in [-0.2, 0) is 28.9 Å². The number of fused-ring (bicyclic) bond motifs is 2. The van der Waals surface area contributed by atoms with Crippen molar-refractivity contribution >= 4 is 34.3 Å². The third-order valence-electron chi connectivity index (χ3n) is 17.9. The second-order valence-electron chi connectivity index (χ2n) is 22.0. The fraction of sp³-hybridized carbons (Fsp3) is 0.556. The largest absolute Gasteiger partial charge is 0.300 e. The van der Waals surface area contributed by atoms with Gasteiger partial charge in [-0.1, -0.05) is 138 Å². The summed E-state index contributed by atoms with van der Waals surface area (Å²) < 4.78 is 0. The van der Waals surface area contributed by atoms with Gasteiger partial charge in [0.05, 0.1) is 0 Å². The molecule has 4 heteroatoms. The van der Waals surface area contributed by atoms with Gasteiger partial charge in [-0.25, -0.2) is 0 Å². The Morgan fingerprint density at radius 2 is 1.52 bits per heavy atom. The molecule has 67 heavy (non-hydrogen) atoms. The van der Waals surface area contributed by atoms with Crippen LogP contribution in [0.25, 0.3) is 11.1 Å². The Morgan fingerprint density at radius 1 is 0.716 bits per heavy atom. The molecule has 0 amide bonds. The van der Waals surface area contributed by atoms with Crippen molar-refractivity contribution in [3.8, 4) is 0 Å². The van der Waals surface area contributed by atoms with Crippen LogP contribution in [0.5, 0.6) is 0 Å². The van der Waals surface area contributed by atoms with Crippen LogP contribution in [0.3, 0.4) is 0 Å². The molecule has 0 bridgehead atoms. The van der Waals surface area contributed by atoms with Crippen LogP contribution < -0.4 is 0 Å². The standard InChI is InChI=1S/C63H78O4/c1-4-44-20-12-13-23-53(44)47-22-15-19-43(35-47)36-50-40-57-48(37-49(39-59(57)62(50)66)52-24-14-17-41(52)3)21-11-9-7-6-8-10-18-42-27-29-46(30-28-42)55-26-16-25-54-45(5-2)38-58(63(67)61(54)55)56-33-31-51(64)32-34-60(56)65/h5,12,15-16,19-20,22-23,25-26,35,37,39,41-42,44,46,50,52,56,58H,4,6-11,13-14,17-18,21,24,27-34,36,38,40H2,1-3H3/b45-5+. The lowest BCUT2D eigenvalue weighted by molar-refractivity contribution is -0.124. The number of carbonyl (C=O) groups excluding carboxylic acids is 4. The number of unbranched alkanes of at least 4 members (excludes halogenated alkanes) is 5. The summed E-state index contributed by atoms with van der Waals surface area (Å²) >= 11 is 0. The molecule has 3 fully saturated rings. The van der Waals surface area contributed by atoms with Gasteiger partial charge in [0.1, 0.15) is 11.6 Å². The van der Waals surface area contributed by atoms with Crippen LogP contribution in [0.2, 0.25) is 0 Å². The van der Waals surface area contributed by atoms with Gasteiger partial charge in [0, 0.05) is 54.1 Å². The SMILES string of the molecule is C/C=C1\CC(C2CCC(=O)CCC2=O)C(=O)c2c1cccc2C1CCC(CCCCCCCCc2cc(C3CCCC3C)cc3c2CC(Cc2cccc(C4=CCC=CC4CC)c2)C3=O)CC1. The van der Waals surface area contributed by atoms with Gasteiger partial charge >= 0.3 is 0 Å². The maximum Gasteiger partial charge on any atom is 0.167 e. The Bertz CT molecular complexity index is 2400. The summed E-state index contributed by atoms with van der Waals surface area (Å²) in [5, 5.41) is 0. The van der Waals surface area contributed by atoms with E-state index in [1.807, 2.05) is 0 Å². The topological polar surface area (TPSA) is 68.3 Å². The first-order valence-electron chi connectivity index (χ1n) is 27.2. The number of rotatable bonds is 16. The molecule has 0 radical (unpaired) electrons. The van der Waals surface area contributed by atoms with E-state index in [1.54, 1.807) is 0 Å². The minimum Gasteiger partial charge on any atom is -0.300 e. The quantitative estimate of drug-likeness (QED) is 0.0816. The Kier molecular flexibility index (Phi) is 15.6. The normalized spacial score (nSPS) is 28.2. The van der Waals surface area contributed by atoms with E-state index in [9.17, 15) is 19.2 Å². The number of ketones is 4. The van der Waals surface area contributed by atoms with Crippen LogP contribution in [-0.4, -0.2) is 23.1 Å². The third kappa shape index (κ3) is 10.6. The second-order valence-corrected chi connectivity index (χ2v) is 22.0. The van der Waals surface area contributed by atoms with Crippen molar-refractivity contribution < 1.29 is 19.2 Å². The monoisotopic (exact) mass is 899 g/mol. The second kappa shape index (κ2) is 21.9. The van der Waals surface area contributed by atoms with Crippen LogP contribution >= 0.6 is 0 Å². The summed E-state index contributed by atoms with van der Waals surface area (Å²) in [5.74, 6) is 3.03. The van der Waals surface area contributed by atoms with Crippen LogP contribution in [0.4, 0.5) is 0 Å². The van der Waals surface area contributed by atoms with E-state index in [-0.39, 0.29) is 41.5 Å². The van der Waals surface area contributed by atoms with Gasteiger partial charge < -0.3 is 0 Å². The van der Waals surface area contributed by atoms with Crippen molar-refractivity contribution in [1.82, 2.24) is 0 Å². The van der Waals surface area contributed by atoms with Crippen molar-refractivity contribution in [2.45, 2.75) is 187 Å². The number of hydrogen-bond acceptors (Lipinski definition) is 4. The summed E-state index contributed by atoms with van der Waals surface area (Å²) in [5.41, 5.74) is 13.7. The zero-order valence-electron chi connectivity index (χ0n) is 41.2. The van der Waals surface area contributed by atoms with E-state index in [0.29, 0.717) is 55.1 Å². The summed E-state index contributed by atoms with van der Waals surface area (Å²) in [6, 6.07) is 20.4. The van der Waals surface area contributed by atoms with E-state index in [2.05, 4.69) is 99.7 Å². The maximum atomic E-state index is 14.4. The molecule has 4 nitrogen and oxygen atoms in total. The molecule has 9 rings (SSSR count). The molecule has 0 saturated heterocycles. The molecule has 6 aliphatic carbocycles. The molecule has 0 spiro atoms. The van der Waals surface area contributed by atoms with Gasteiger partial charge in [-0.15, -0.1) is 0 Å². The molecule has 0 aromatic heterocycles. The number of carbonyl (C=O) groups is 4. The van der Waals surface area contributed by atoms with Gasteiger partial charge in [-0.3, -0.25) is 19.2 Å². The van der Waals surface area contributed by atoms with E-state index in [0.717, 1.165) is 67.6 Å². The highest BCUT2D eigenvalue weighted by atomic mass is 16.1. The molecule has 354 valence electrons. The number of benzene rings is 3. The molecular weight excluding hydrogens is 821 g/mol. The minimum atomic E-state index is -0.346. The zero-order chi connectivity index (χ0) is 46.4.